The van der Waals surface area contributed by atoms with Crippen molar-refractivity contribution in [2.45, 2.75) is 66.7 Å². The summed E-state index contributed by atoms with van der Waals surface area (Å²) in [5.41, 5.74) is 4.56. The molecular formula is C30H38O. The number of ketones is 1. The molecule has 0 aromatic heterocycles. The number of carbonyl (C=O) groups is 1. The highest BCUT2D eigenvalue weighted by molar-refractivity contribution is 5.90. The predicted molar refractivity (Wildman–Crippen MR) is 133 cm³/mol. The summed E-state index contributed by atoms with van der Waals surface area (Å²) in [7, 11) is 0. The van der Waals surface area contributed by atoms with Gasteiger partial charge in [0, 0.05) is 11.8 Å². The number of benzene rings is 2. The van der Waals surface area contributed by atoms with E-state index in [0.29, 0.717) is 12.2 Å². The molecule has 0 heterocycles. The Bertz CT molecular complexity index is 965. The van der Waals surface area contributed by atoms with Crippen LogP contribution in [0.1, 0.15) is 72.4 Å². The van der Waals surface area contributed by atoms with Crippen LogP contribution in [-0.4, -0.2) is 5.78 Å². The summed E-state index contributed by atoms with van der Waals surface area (Å²) in [5, 5.41) is 0. The summed E-state index contributed by atoms with van der Waals surface area (Å²) in [6, 6.07) is 21.1. The molecule has 0 radical (unpaired) electrons. The molecule has 164 valence electrons. The lowest BCUT2D eigenvalue weighted by atomic mass is 9.60. The molecular weight excluding hydrogens is 376 g/mol. The minimum Gasteiger partial charge on any atom is -0.299 e. The van der Waals surface area contributed by atoms with Crippen LogP contribution in [0, 0.1) is 16.7 Å². The van der Waals surface area contributed by atoms with Crippen LogP contribution >= 0.6 is 0 Å². The van der Waals surface area contributed by atoms with Gasteiger partial charge in [-0.15, -0.1) is 0 Å². The fourth-order valence-electron chi connectivity index (χ4n) is 4.89. The average Bonchev–Trinajstić information content (AvgIpc) is 2.66. The number of carbonyl (C=O) groups excluding carboxylic acids is 1. The van der Waals surface area contributed by atoms with Gasteiger partial charge in [-0.2, -0.15) is 0 Å². The van der Waals surface area contributed by atoms with Crippen LogP contribution in [0.25, 0.3) is 5.57 Å². The minimum atomic E-state index is -0.385. The fraction of sp³-hybridized carbons (Fsp3) is 0.433. The van der Waals surface area contributed by atoms with Crippen LogP contribution in [0.4, 0.5) is 0 Å². The zero-order valence-corrected chi connectivity index (χ0v) is 20.3. The van der Waals surface area contributed by atoms with E-state index in [2.05, 4.69) is 121 Å². The van der Waals surface area contributed by atoms with Gasteiger partial charge in [-0.1, -0.05) is 127 Å². The molecule has 2 atom stereocenters. The minimum absolute atomic E-state index is 0.0368. The Labute approximate surface area is 189 Å². The summed E-state index contributed by atoms with van der Waals surface area (Å²) >= 11 is 0. The van der Waals surface area contributed by atoms with E-state index < -0.39 is 0 Å². The number of allylic oxidation sites excluding steroid dienone is 4. The number of hydrogen-bond acceptors (Lipinski definition) is 1. The topological polar surface area (TPSA) is 17.1 Å². The van der Waals surface area contributed by atoms with Crippen LogP contribution < -0.4 is 0 Å². The quantitative estimate of drug-likeness (QED) is 0.484. The number of rotatable bonds is 5. The molecule has 0 spiro atoms. The number of hydrogen-bond donors (Lipinski definition) is 0. The Kier molecular flexibility index (Phi) is 6.46. The Morgan fingerprint density at radius 3 is 1.90 bits per heavy atom. The van der Waals surface area contributed by atoms with Gasteiger partial charge in [0.05, 0.1) is 5.92 Å². The summed E-state index contributed by atoms with van der Waals surface area (Å²) in [6.07, 6.45) is 6.13. The van der Waals surface area contributed by atoms with Gasteiger partial charge >= 0.3 is 0 Å². The van der Waals surface area contributed by atoms with Crippen molar-refractivity contribution >= 4 is 11.4 Å². The largest absolute Gasteiger partial charge is 0.299 e. The van der Waals surface area contributed by atoms with Gasteiger partial charge in [0.15, 0.2) is 0 Å². The van der Waals surface area contributed by atoms with Crippen molar-refractivity contribution in [2.24, 2.45) is 16.7 Å². The van der Waals surface area contributed by atoms with Crippen LogP contribution in [0.2, 0.25) is 0 Å². The molecule has 0 fully saturated rings. The lowest BCUT2D eigenvalue weighted by Gasteiger charge is -2.42. The van der Waals surface area contributed by atoms with Crippen LogP contribution in [0.15, 0.2) is 78.4 Å². The lowest BCUT2D eigenvalue weighted by molar-refractivity contribution is -0.125. The third-order valence-electron chi connectivity index (χ3n) is 6.03. The maximum atomic E-state index is 13.9. The lowest BCUT2D eigenvalue weighted by Crippen LogP contribution is -2.41. The van der Waals surface area contributed by atoms with Crippen molar-refractivity contribution in [2.75, 3.05) is 0 Å². The van der Waals surface area contributed by atoms with Crippen LogP contribution in [0.3, 0.4) is 0 Å². The zero-order chi connectivity index (χ0) is 22.9. The molecule has 3 rings (SSSR count). The molecule has 31 heavy (non-hydrogen) atoms. The summed E-state index contributed by atoms with van der Waals surface area (Å²) in [5.74, 6) is 0.193. The molecule has 0 N–H and O–H groups in total. The third kappa shape index (κ3) is 5.64. The van der Waals surface area contributed by atoms with Crippen molar-refractivity contribution in [1.29, 1.82) is 0 Å². The molecule has 2 aromatic carbocycles. The molecule has 2 aromatic rings. The van der Waals surface area contributed by atoms with Gasteiger partial charge in [-0.05, 0) is 34.0 Å². The molecule has 0 amide bonds. The second-order valence-corrected chi connectivity index (χ2v) is 11.7. The van der Waals surface area contributed by atoms with Gasteiger partial charge in [0.2, 0.25) is 0 Å². The molecule has 0 aliphatic heterocycles. The van der Waals surface area contributed by atoms with E-state index in [1.807, 2.05) is 0 Å². The molecule has 1 nitrogen and oxygen atoms in total. The molecule has 1 heteroatoms. The predicted octanol–water partition coefficient (Wildman–Crippen LogP) is 8.03. The Balaban J connectivity index is 2.22. The first kappa shape index (κ1) is 23.3. The second kappa shape index (κ2) is 8.61. The van der Waals surface area contributed by atoms with Crippen LogP contribution in [0.5, 0.6) is 0 Å². The van der Waals surface area contributed by atoms with Crippen molar-refractivity contribution in [3.63, 3.8) is 0 Å². The second-order valence-electron chi connectivity index (χ2n) is 11.7. The summed E-state index contributed by atoms with van der Waals surface area (Å²) in [6.45, 7) is 15.5. The number of Topliss-reactive ketones (excluding diaryl/α,β-unsaturated/α-hetero) is 1. The average molecular weight is 415 g/mol. The molecule has 0 bridgehead atoms. The maximum absolute atomic E-state index is 13.9. The standard InChI is InChI=1S/C30H38O/c1-28(2,3)19-24-18-23(22-14-10-8-11-15-22)20-30(7,25-16-12-9-13-17-25)27(24)26(31)21-29(4,5)6/h8-18,20,27H,19,21H2,1-7H3. The summed E-state index contributed by atoms with van der Waals surface area (Å²) in [4.78, 5) is 13.9. The first-order valence-corrected chi connectivity index (χ1v) is 11.5. The Hall–Kier alpha value is -2.41. The van der Waals surface area contributed by atoms with E-state index in [-0.39, 0.29) is 22.2 Å². The van der Waals surface area contributed by atoms with E-state index in [4.69, 9.17) is 0 Å². The monoisotopic (exact) mass is 414 g/mol. The van der Waals surface area contributed by atoms with E-state index in [9.17, 15) is 4.79 Å². The molecule has 2 unspecified atom stereocenters. The van der Waals surface area contributed by atoms with Gasteiger partial charge in [0.1, 0.15) is 5.78 Å². The van der Waals surface area contributed by atoms with Crippen LogP contribution in [-0.2, 0) is 10.2 Å². The van der Waals surface area contributed by atoms with Crippen molar-refractivity contribution in [3.05, 3.63) is 89.5 Å². The first-order valence-electron chi connectivity index (χ1n) is 11.5. The molecule has 1 aliphatic carbocycles. The van der Waals surface area contributed by atoms with Crippen molar-refractivity contribution in [1.82, 2.24) is 0 Å². The molecule has 0 saturated heterocycles. The van der Waals surface area contributed by atoms with Gasteiger partial charge in [-0.3, -0.25) is 4.79 Å². The SMILES string of the molecule is CC(C)(C)CC(=O)C1C(CC(C)(C)C)=CC(c2ccccc2)=CC1(C)c1ccccc1. The highest BCUT2D eigenvalue weighted by atomic mass is 16.1. The van der Waals surface area contributed by atoms with E-state index in [1.54, 1.807) is 0 Å². The molecule has 1 aliphatic rings. The highest BCUT2D eigenvalue weighted by Crippen LogP contribution is 2.48. The van der Waals surface area contributed by atoms with Gasteiger partial charge in [-0.25, -0.2) is 0 Å². The summed E-state index contributed by atoms with van der Waals surface area (Å²) < 4.78 is 0. The normalized spacial score (nSPS) is 22.0. The Morgan fingerprint density at radius 1 is 0.839 bits per heavy atom. The van der Waals surface area contributed by atoms with Gasteiger partial charge in [0.25, 0.3) is 0 Å². The molecule has 0 saturated carbocycles. The smallest absolute Gasteiger partial charge is 0.141 e. The van der Waals surface area contributed by atoms with E-state index >= 15 is 0 Å². The highest BCUT2D eigenvalue weighted by Gasteiger charge is 2.44. The fourth-order valence-corrected chi connectivity index (χ4v) is 4.89. The van der Waals surface area contributed by atoms with Gasteiger partial charge < -0.3 is 0 Å². The maximum Gasteiger partial charge on any atom is 0.141 e. The van der Waals surface area contributed by atoms with Crippen molar-refractivity contribution < 1.29 is 4.79 Å². The first-order chi connectivity index (χ1) is 14.4. The van der Waals surface area contributed by atoms with E-state index in [0.717, 1.165) is 6.42 Å². The zero-order valence-electron chi connectivity index (χ0n) is 20.3. The third-order valence-corrected chi connectivity index (χ3v) is 6.03. The van der Waals surface area contributed by atoms with Crippen molar-refractivity contribution in [3.8, 4) is 0 Å². The van der Waals surface area contributed by atoms with E-state index in [1.165, 1.54) is 22.3 Å². The Morgan fingerprint density at radius 2 is 1.39 bits per heavy atom.